The SMILES string of the molecule is Cc1cccc(OCc2ccoc2C(=O)NN)c1[N+](=O)[O-]. The fraction of sp³-hybridized carbons (Fsp3) is 0.154. The minimum atomic E-state index is -0.600. The molecule has 0 aliphatic heterocycles. The topological polar surface area (TPSA) is 121 Å². The predicted molar refractivity (Wildman–Crippen MR) is 72.5 cm³/mol. The summed E-state index contributed by atoms with van der Waals surface area (Å²) in [5.74, 6) is 4.57. The van der Waals surface area contributed by atoms with Crippen LogP contribution in [0.15, 0.2) is 34.9 Å². The number of hydrogen-bond donors (Lipinski definition) is 2. The van der Waals surface area contributed by atoms with Crippen LogP contribution in [0.4, 0.5) is 5.69 Å². The molecular weight excluding hydrogens is 278 g/mol. The van der Waals surface area contributed by atoms with Crippen molar-refractivity contribution in [3.05, 3.63) is 57.5 Å². The van der Waals surface area contributed by atoms with E-state index in [0.29, 0.717) is 11.1 Å². The maximum Gasteiger partial charge on any atom is 0.313 e. The van der Waals surface area contributed by atoms with Crippen LogP contribution in [0.25, 0.3) is 0 Å². The molecule has 0 radical (unpaired) electrons. The Labute approximate surface area is 119 Å². The molecule has 21 heavy (non-hydrogen) atoms. The summed E-state index contributed by atoms with van der Waals surface area (Å²) in [6.07, 6.45) is 1.31. The number of nitro benzene ring substituents is 1. The van der Waals surface area contributed by atoms with Crippen LogP contribution in [0.3, 0.4) is 0 Å². The van der Waals surface area contributed by atoms with E-state index in [-0.39, 0.29) is 23.8 Å². The number of nitro groups is 1. The van der Waals surface area contributed by atoms with E-state index in [9.17, 15) is 14.9 Å². The van der Waals surface area contributed by atoms with Crippen molar-refractivity contribution in [2.24, 2.45) is 5.84 Å². The van der Waals surface area contributed by atoms with Crippen LogP contribution in [-0.4, -0.2) is 10.8 Å². The standard InChI is InChI=1S/C13H13N3O5/c1-8-3-2-4-10(11(8)16(18)19)21-7-9-5-6-20-12(9)13(17)15-14/h2-6H,7,14H2,1H3,(H,15,17). The van der Waals surface area contributed by atoms with Crippen LogP contribution < -0.4 is 16.0 Å². The van der Waals surface area contributed by atoms with Gasteiger partial charge in [0.1, 0.15) is 6.61 Å². The Hall–Kier alpha value is -2.87. The molecule has 3 N–H and O–H groups in total. The fourth-order valence-corrected chi connectivity index (χ4v) is 1.85. The van der Waals surface area contributed by atoms with Gasteiger partial charge in [-0.1, -0.05) is 12.1 Å². The Bertz CT molecular complexity index is 680. The average Bonchev–Trinajstić information content (AvgIpc) is 2.92. The number of nitrogens with zero attached hydrogens (tertiary/aromatic N) is 1. The van der Waals surface area contributed by atoms with E-state index in [1.165, 1.54) is 18.4 Å². The number of nitrogen functional groups attached to an aromatic ring is 1. The number of nitrogens with two attached hydrogens (primary N) is 1. The monoisotopic (exact) mass is 291 g/mol. The van der Waals surface area contributed by atoms with E-state index in [4.69, 9.17) is 15.0 Å². The van der Waals surface area contributed by atoms with E-state index >= 15 is 0 Å². The van der Waals surface area contributed by atoms with Crippen molar-refractivity contribution in [3.8, 4) is 5.75 Å². The lowest BCUT2D eigenvalue weighted by Crippen LogP contribution is -2.30. The van der Waals surface area contributed by atoms with Gasteiger partial charge in [-0.15, -0.1) is 0 Å². The van der Waals surface area contributed by atoms with E-state index in [2.05, 4.69) is 0 Å². The largest absolute Gasteiger partial charge is 0.482 e. The summed E-state index contributed by atoms with van der Waals surface area (Å²) in [7, 11) is 0. The summed E-state index contributed by atoms with van der Waals surface area (Å²) in [6.45, 7) is 1.57. The molecule has 0 atom stereocenters. The Morgan fingerprint density at radius 2 is 2.24 bits per heavy atom. The van der Waals surface area contributed by atoms with Gasteiger partial charge >= 0.3 is 11.6 Å². The van der Waals surface area contributed by atoms with Crippen LogP contribution in [-0.2, 0) is 6.61 Å². The molecule has 8 nitrogen and oxygen atoms in total. The first-order chi connectivity index (χ1) is 10.0. The zero-order chi connectivity index (χ0) is 15.4. The number of amides is 1. The number of para-hydroxylation sites is 1. The Kier molecular flexibility index (Phi) is 4.19. The molecule has 0 aliphatic carbocycles. The highest BCUT2D eigenvalue weighted by Crippen LogP contribution is 2.31. The summed E-state index contributed by atoms with van der Waals surface area (Å²) in [5, 5.41) is 11.1. The van der Waals surface area contributed by atoms with E-state index in [1.807, 2.05) is 5.43 Å². The summed E-state index contributed by atoms with van der Waals surface area (Å²) < 4.78 is 10.4. The van der Waals surface area contributed by atoms with Gasteiger partial charge in [0.25, 0.3) is 0 Å². The molecule has 0 aliphatic rings. The van der Waals surface area contributed by atoms with Gasteiger partial charge in [-0.2, -0.15) is 0 Å². The molecule has 0 fully saturated rings. The maximum atomic E-state index is 11.4. The number of nitrogens with one attached hydrogen (secondary N) is 1. The number of ether oxygens (including phenoxy) is 1. The van der Waals surface area contributed by atoms with Crippen molar-refractivity contribution >= 4 is 11.6 Å². The lowest BCUT2D eigenvalue weighted by molar-refractivity contribution is -0.386. The van der Waals surface area contributed by atoms with Crippen molar-refractivity contribution in [1.29, 1.82) is 0 Å². The molecule has 8 heteroatoms. The first-order valence-electron chi connectivity index (χ1n) is 5.98. The predicted octanol–water partition coefficient (Wildman–Crippen LogP) is 1.68. The minimum absolute atomic E-state index is 0.00723. The molecule has 1 heterocycles. The summed E-state index contributed by atoms with van der Waals surface area (Å²) in [6, 6.07) is 6.30. The summed E-state index contributed by atoms with van der Waals surface area (Å²) >= 11 is 0. The molecule has 0 unspecified atom stereocenters. The van der Waals surface area contributed by atoms with Gasteiger partial charge in [-0.05, 0) is 19.1 Å². The van der Waals surface area contributed by atoms with Crippen molar-refractivity contribution in [1.82, 2.24) is 5.43 Å². The zero-order valence-electron chi connectivity index (χ0n) is 11.2. The van der Waals surface area contributed by atoms with Gasteiger partial charge in [0.05, 0.1) is 11.2 Å². The van der Waals surface area contributed by atoms with Crippen LogP contribution in [0, 0.1) is 17.0 Å². The highest BCUT2D eigenvalue weighted by molar-refractivity contribution is 5.92. The normalized spacial score (nSPS) is 10.2. The molecule has 1 aromatic carbocycles. The van der Waals surface area contributed by atoms with Crippen molar-refractivity contribution in [2.75, 3.05) is 0 Å². The molecule has 2 aromatic rings. The smallest absolute Gasteiger partial charge is 0.313 e. The molecule has 1 aromatic heterocycles. The van der Waals surface area contributed by atoms with Gasteiger partial charge in [-0.25, -0.2) is 5.84 Å². The number of rotatable bonds is 5. The maximum absolute atomic E-state index is 11.4. The highest BCUT2D eigenvalue weighted by atomic mass is 16.6. The number of carbonyl (C=O) groups is 1. The van der Waals surface area contributed by atoms with Crippen molar-refractivity contribution in [3.63, 3.8) is 0 Å². The lowest BCUT2D eigenvalue weighted by Gasteiger charge is -2.08. The van der Waals surface area contributed by atoms with Gasteiger partial charge in [-0.3, -0.25) is 20.3 Å². The number of carbonyl (C=O) groups excluding carboxylic acids is 1. The summed E-state index contributed by atoms with van der Waals surface area (Å²) in [4.78, 5) is 22.0. The zero-order valence-corrected chi connectivity index (χ0v) is 11.2. The Morgan fingerprint density at radius 3 is 2.90 bits per heavy atom. The van der Waals surface area contributed by atoms with Crippen LogP contribution in [0.1, 0.15) is 21.7 Å². The van der Waals surface area contributed by atoms with Crippen molar-refractivity contribution < 1.29 is 18.9 Å². The molecule has 110 valence electrons. The Morgan fingerprint density at radius 1 is 1.48 bits per heavy atom. The first kappa shape index (κ1) is 14.5. The Balaban J connectivity index is 2.22. The van der Waals surface area contributed by atoms with Crippen LogP contribution >= 0.6 is 0 Å². The minimum Gasteiger partial charge on any atom is -0.482 e. The third-order valence-corrected chi connectivity index (χ3v) is 2.85. The number of hydrogen-bond acceptors (Lipinski definition) is 6. The van der Waals surface area contributed by atoms with E-state index in [1.54, 1.807) is 19.1 Å². The third-order valence-electron chi connectivity index (χ3n) is 2.85. The molecular formula is C13H13N3O5. The van der Waals surface area contributed by atoms with E-state index in [0.717, 1.165) is 0 Å². The first-order valence-corrected chi connectivity index (χ1v) is 5.98. The van der Waals surface area contributed by atoms with Crippen LogP contribution in [0.5, 0.6) is 5.75 Å². The molecule has 0 bridgehead atoms. The molecule has 0 spiro atoms. The van der Waals surface area contributed by atoms with Gasteiger partial charge < -0.3 is 9.15 Å². The van der Waals surface area contributed by atoms with Gasteiger partial charge in [0.15, 0.2) is 11.5 Å². The summed E-state index contributed by atoms with van der Waals surface area (Å²) in [5.41, 5.74) is 2.77. The van der Waals surface area contributed by atoms with Gasteiger partial charge in [0, 0.05) is 11.1 Å². The number of benzene rings is 1. The second-order valence-electron chi connectivity index (χ2n) is 4.22. The molecule has 0 saturated heterocycles. The second kappa shape index (κ2) is 6.06. The average molecular weight is 291 g/mol. The quantitative estimate of drug-likeness (QED) is 0.374. The number of furan rings is 1. The van der Waals surface area contributed by atoms with Crippen LogP contribution in [0.2, 0.25) is 0 Å². The van der Waals surface area contributed by atoms with E-state index < -0.39 is 10.8 Å². The third kappa shape index (κ3) is 3.00. The number of hydrazine groups is 1. The van der Waals surface area contributed by atoms with Gasteiger partial charge in [0.2, 0.25) is 0 Å². The molecule has 0 saturated carbocycles. The van der Waals surface area contributed by atoms with Crippen molar-refractivity contribution in [2.45, 2.75) is 13.5 Å². The second-order valence-corrected chi connectivity index (χ2v) is 4.22. The molecule has 2 rings (SSSR count). The molecule has 1 amide bonds. The highest BCUT2D eigenvalue weighted by Gasteiger charge is 2.20. The number of aryl methyl sites for hydroxylation is 1. The lowest BCUT2D eigenvalue weighted by atomic mass is 10.2. The fourth-order valence-electron chi connectivity index (χ4n) is 1.85.